The van der Waals surface area contributed by atoms with Crippen LogP contribution in [0.15, 0.2) is 0 Å². The molecule has 0 saturated heterocycles. The molecule has 0 aliphatic heterocycles. The molecule has 20 heavy (non-hydrogen) atoms. The van der Waals surface area contributed by atoms with Crippen LogP contribution in [0.3, 0.4) is 0 Å². The molecule has 11 heteroatoms. The molecule has 0 aliphatic carbocycles. The molecular weight excluding hydrogens is 372 g/mol. The molecule has 0 atom stereocenters. The average molecular weight is 381 g/mol. The summed E-state index contributed by atoms with van der Waals surface area (Å²) < 4.78 is 102. The molecule has 0 unspecified atom stereocenters. The molecule has 0 aromatic heterocycles. The van der Waals surface area contributed by atoms with E-state index in [-0.39, 0.29) is 0 Å². The van der Waals surface area contributed by atoms with Crippen molar-refractivity contribution in [1.82, 2.24) is 0 Å². The molecule has 0 radical (unpaired) electrons. The van der Waals surface area contributed by atoms with Crippen LogP contribution >= 0.6 is 15.9 Å². The Bertz CT molecular complexity index is 363. The van der Waals surface area contributed by atoms with Crippen LogP contribution in [-0.2, 0) is 9.53 Å². The van der Waals surface area contributed by atoms with E-state index >= 15 is 0 Å². The van der Waals surface area contributed by atoms with Crippen molar-refractivity contribution in [2.75, 3.05) is 6.61 Å². The lowest BCUT2D eigenvalue weighted by molar-refractivity contribution is -0.344. The minimum absolute atomic E-state index is 1.11. The second-order valence-electron chi connectivity index (χ2n) is 4.25. The second kappa shape index (κ2) is 5.64. The zero-order valence-corrected chi connectivity index (χ0v) is 11.6. The summed E-state index contributed by atoms with van der Waals surface area (Å²) in [6.07, 6.45) is -5.01. The van der Waals surface area contributed by atoms with Gasteiger partial charge in [-0.3, -0.25) is 4.79 Å². The van der Waals surface area contributed by atoms with E-state index in [9.17, 15) is 39.9 Å². The standard InChI is InChI=1S/C9H9BrF8O2/c1-6(2,10)5(19)20-3-7(13,14)9(17,18)8(15,16)4(11)12/h4H,3H2,1-2H3. The molecular formula is C9H9BrF8O2. The SMILES string of the molecule is CC(C)(Br)C(=O)OCC(F)(F)C(F)(F)C(F)(F)C(F)F. The maximum Gasteiger partial charge on any atom is 0.381 e. The fraction of sp³-hybridized carbons (Fsp3) is 0.889. The molecule has 0 spiro atoms. The second-order valence-corrected chi connectivity index (χ2v) is 6.23. The highest BCUT2D eigenvalue weighted by molar-refractivity contribution is 9.10. The van der Waals surface area contributed by atoms with E-state index in [0.717, 1.165) is 13.8 Å². The fourth-order valence-corrected chi connectivity index (χ4v) is 0.914. The smallest absolute Gasteiger partial charge is 0.381 e. The summed E-state index contributed by atoms with van der Waals surface area (Å²) in [4.78, 5) is 11.0. The highest BCUT2D eigenvalue weighted by Gasteiger charge is 2.75. The largest absolute Gasteiger partial charge is 0.458 e. The molecule has 0 amide bonds. The van der Waals surface area contributed by atoms with Gasteiger partial charge in [-0.1, -0.05) is 15.9 Å². The van der Waals surface area contributed by atoms with Crippen LogP contribution in [0.1, 0.15) is 13.8 Å². The van der Waals surface area contributed by atoms with Gasteiger partial charge in [0, 0.05) is 0 Å². The van der Waals surface area contributed by atoms with Crippen molar-refractivity contribution in [3.8, 4) is 0 Å². The predicted octanol–water partition coefficient (Wildman–Crippen LogP) is 3.87. The molecule has 0 fully saturated rings. The van der Waals surface area contributed by atoms with Crippen molar-refractivity contribution < 1.29 is 44.7 Å². The van der Waals surface area contributed by atoms with Crippen molar-refractivity contribution in [1.29, 1.82) is 0 Å². The van der Waals surface area contributed by atoms with E-state index in [1.54, 1.807) is 0 Å². The molecule has 0 aliphatic rings. The van der Waals surface area contributed by atoms with Crippen LogP contribution in [-0.4, -0.2) is 41.1 Å². The first-order chi connectivity index (χ1) is 8.57. The van der Waals surface area contributed by atoms with Gasteiger partial charge in [0.1, 0.15) is 4.32 Å². The molecule has 2 nitrogen and oxygen atoms in total. The Kier molecular flexibility index (Phi) is 5.47. The molecule has 120 valence electrons. The number of hydrogen-bond acceptors (Lipinski definition) is 2. The van der Waals surface area contributed by atoms with Crippen LogP contribution in [0, 0.1) is 0 Å². The maximum absolute atomic E-state index is 13.0. The molecule has 0 aromatic carbocycles. The summed E-state index contributed by atoms with van der Waals surface area (Å²) in [5.74, 6) is -19.8. The number of alkyl halides is 9. The van der Waals surface area contributed by atoms with Crippen LogP contribution < -0.4 is 0 Å². The molecule has 0 N–H and O–H groups in total. The zero-order chi connectivity index (χ0) is 16.6. The summed E-state index contributed by atoms with van der Waals surface area (Å²) in [7, 11) is 0. The molecule has 0 saturated carbocycles. The van der Waals surface area contributed by atoms with Gasteiger partial charge in [0.25, 0.3) is 0 Å². The Morgan fingerprint density at radius 2 is 1.50 bits per heavy atom. The number of rotatable bonds is 6. The monoisotopic (exact) mass is 380 g/mol. The number of hydrogen-bond donors (Lipinski definition) is 0. The van der Waals surface area contributed by atoms with E-state index in [4.69, 9.17) is 0 Å². The third-order valence-electron chi connectivity index (χ3n) is 2.02. The highest BCUT2D eigenvalue weighted by atomic mass is 79.9. The van der Waals surface area contributed by atoms with Gasteiger partial charge < -0.3 is 4.74 Å². The number of carbonyl (C=O) groups excluding carboxylic acids is 1. The van der Waals surface area contributed by atoms with Crippen molar-refractivity contribution in [2.45, 2.75) is 42.4 Å². The lowest BCUT2D eigenvalue weighted by Gasteiger charge is -2.32. The summed E-state index contributed by atoms with van der Waals surface area (Å²) in [5, 5.41) is 0. The molecule has 0 rings (SSSR count). The van der Waals surface area contributed by atoms with E-state index < -0.39 is 41.1 Å². The average Bonchev–Trinajstić information content (AvgIpc) is 2.23. The normalized spacial score (nSPS) is 14.6. The molecule has 0 heterocycles. The van der Waals surface area contributed by atoms with E-state index in [1.165, 1.54) is 0 Å². The topological polar surface area (TPSA) is 26.3 Å². The number of ether oxygens (including phenoxy) is 1. The van der Waals surface area contributed by atoms with Crippen LogP contribution in [0.2, 0.25) is 0 Å². The Morgan fingerprint density at radius 3 is 1.80 bits per heavy atom. The molecule has 0 aromatic rings. The zero-order valence-electron chi connectivity index (χ0n) is 10.0. The van der Waals surface area contributed by atoms with Crippen LogP contribution in [0.4, 0.5) is 35.1 Å². The summed E-state index contributed by atoms with van der Waals surface area (Å²) in [6, 6.07) is 0. The summed E-state index contributed by atoms with van der Waals surface area (Å²) in [6.45, 7) is -0.241. The molecule has 0 bridgehead atoms. The first-order valence-corrected chi connectivity index (χ1v) is 5.64. The van der Waals surface area contributed by atoms with Gasteiger partial charge in [0.05, 0.1) is 0 Å². The van der Waals surface area contributed by atoms with E-state index in [0.29, 0.717) is 0 Å². The fourth-order valence-electron chi connectivity index (χ4n) is 0.799. The minimum atomic E-state index is -6.38. The Hall–Kier alpha value is -0.610. The van der Waals surface area contributed by atoms with Crippen molar-refractivity contribution in [3.63, 3.8) is 0 Å². The van der Waals surface area contributed by atoms with E-state index in [2.05, 4.69) is 20.7 Å². The van der Waals surface area contributed by atoms with Gasteiger partial charge in [-0.05, 0) is 13.8 Å². The Balaban J connectivity index is 5.10. The van der Waals surface area contributed by atoms with Crippen molar-refractivity contribution in [2.24, 2.45) is 0 Å². The summed E-state index contributed by atoms with van der Waals surface area (Å²) >= 11 is 2.65. The van der Waals surface area contributed by atoms with Crippen molar-refractivity contribution in [3.05, 3.63) is 0 Å². The van der Waals surface area contributed by atoms with Gasteiger partial charge in [0.2, 0.25) is 0 Å². The lowest BCUT2D eigenvalue weighted by atomic mass is 10.1. The van der Waals surface area contributed by atoms with E-state index in [1.807, 2.05) is 0 Å². The quantitative estimate of drug-likeness (QED) is 0.397. The lowest BCUT2D eigenvalue weighted by Crippen LogP contribution is -2.59. The first-order valence-electron chi connectivity index (χ1n) is 4.85. The van der Waals surface area contributed by atoms with Crippen LogP contribution in [0.25, 0.3) is 0 Å². The highest BCUT2D eigenvalue weighted by Crippen LogP contribution is 2.48. The maximum atomic E-state index is 13.0. The third-order valence-corrected chi connectivity index (χ3v) is 2.35. The Labute approximate surface area is 116 Å². The van der Waals surface area contributed by atoms with Gasteiger partial charge in [0.15, 0.2) is 6.61 Å². The number of carbonyl (C=O) groups is 1. The van der Waals surface area contributed by atoms with Gasteiger partial charge in [-0.2, -0.15) is 26.3 Å². The summed E-state index contributed by atoms with van der Waals surface area (Å²) in [5.41, 5.74) is 0. The first kappa shape index (κ1) is 19.4. The Morgan fingerprint density at radius 1 is 1.10 bits per heavy atom. The van der Waals surface area contributed by atoms with Crippen LogP contribution in [0.5, 0.6) is 0 Å². The number of halogens is 9. The third kappa shape index (κ3) is 3.73. The van der Waals surface area contributed by atoms with Crippen molar-refractivity contribution >= 4 is 21.9 Å². The minimum Gasteiger partial charge on any atom is -0.458 e. The number of esters is 1. The van der Waals surface area contributed by atoms with Gasteiger partial charge in [-0.25, -0.2) is 8.78 Å². The van der Waals surface area contributed by atoms with Gasteiger partial charge >= 0.3 is 30.2 Å². The van der Waals surface area contributed by atoms with Gasteiger partial charge in [-0.15, -0.1) is 0 Å². The predicted molar refractivity (Wildman–Crippen MR) is 54.8 cm³/mol.